The fraction of sp³-hybridized carbons (Fsp3) is 0.0909. The van der Waals surface area contributed by atoms with Crippen LogP contribution >= 0.6 is 11.6 Å². The fourth-order valence-corrected chi connectivity index (χ4v) is 1.43. The molecule has 0 amide bonds. The largest absolute Gasteiger partial charge is 0.390 e. The molecule has 1 aromatic carbocycles. The Balaban J connectivity index is 2.22. The molecule has 88 valence electrons. The second-order valence-electron chi connectivity index (χ2n) is 3.28. The van der Waals surface area contributed by atoms with Crippen molar-refractivity contribution >= 4 is 23.2 Å². The molecule has 1 heterocycles. The van der Waals surface area contributed by atoms with Gasteiger partial charge in [0.15, 0.2) is 0 Å². The van der Waals surface area contributed by atoms with Gasteiger partial charge in [0.25, 0.3) is 0 Å². The molecule has 4 nitrogen and oxygen atoms in total. The minimum Gasteiger partial charge on any atom is -0.390 e. The van der Waals surface area contributed by atoms with E-state index in [-0.39, 0.29) is 11.6 Å². The standard InChI is InChI=1S/C11H9ClFN3O/c12-9-5-7(1-2-10(9)13)15-11-14-4-3-8(6-17)16-11/h1-5,17H,6H2,(H,14,15,16). The van der Waals surface area contributed by atoms with Crippen molar-refractivity contribution in [1.29, 1.82) is 0 Å². The molecule has 0 aliphatic carbocycles. The lowest BCUT2D eigenvalue weighted by Crippen LogP contribution is -1.99. The van der Waals surface area contributed by atoms with Crippen LogP contribution in [0.5, 0.6) is 0 Å². The summed E-state index contributed by atoms with van der Waals surface area (Å²) in [5.74, 6) is -0.165. The van der Waals surface area contributed by atoms with E-state index in [1.807, 2.05) is 0 Å². The topological polar surface area (TPSA) is 58.0 Å². The number of hydrogen-bond acceptors (Lipinski definition) is 4. The van der Waals surface area contributed by atoms with Crippen LogP contribution in [0.25, 0.3) is 0 Å². The number of aliphatic hydroxyl groups excluding tert-OH is 1. The summed E-state index contributed by atoms with van der Waals surface area (Å²) >= 11 is 5.64. The first kappa shape index (κ1) is 11.8. The van der Waals surface area contributed by atoms with Crippen LogP contribution in [-0.4, -0.2) is 15.1 Å². The van der Waals surface area contributed by atoms with E-state index in [4.69, 9.17) is 16.7 Å². The number of hydrogen-bond donors (Lipinski definition) is 2. The van der Waals surface area contributed by atoms with Crippen molar-refractivity contribution in [3.05, 3.63) is 47.0 Å². The van der Waals surface area contributed by atoms with Gasteiger partial charge in [-0.1, -0.05) is 11.6 Å². The highest BCUT2D eigenvalue weighted by molar-refractivity contribution is 6.31. The van der Waals surface area contributed by atoms with E-state index < -0.39 is 5.82 Å². The second kappa shape index (κ2) is 5.07. The van der Waals surface area contributed by atoms with E-state index in [9.17, 15) is 4.39 Å². The van der Waals surface area contributed by atoms with Gasteiger partial charge >= 0.3 is 0 Å². The van der Waals surface area contributed by atoms with Gasteiger partial charge < -0.3 is 10.4 Å². The predicted molar refractivity (Wildman–Crippen MR) is 62.6 cm³/mol. The maximum atomic E-state index is 12.9. The first-order valence-corrected chi connectivity index (χ1v) is 5.21. The molecule has 17 heavy (non-hydrogen) atoms. The highest BCUT2D eigenvalue weighted by atomic mass is 35.5. The maximum Gasteiger partial charge on any atom is 0.227 e. The number of aliphatic hydroxyl groups is 1. The number of rotatable bonds is 3. The Hall–Kier alpha value is -1.72. The normalized spacial score (nSPS) is 10.3. The summed E-state index contributed by atoms with van der Waals surface area (Å²) in [7, 11) is 0. The maximum absolute atomic E-state index is 12.9. The smallest absolute Gasteiger partial charge is 0.227 e. The number of aromatic nitrogens is 2. The van der Waals surface area contributed by atoms with Crippen LogP contribution in [0.3, 0.4) is 0 Å². The molecule has 0 bridgehead atoms. The lowest BCUT2D eigenvalue weighted by molar-refractivity contribution is 0.277. The summed E-state index contributed by atoms with van der Waals surface area (Å²) < 4.78 is 12.9. The molecule has 2 N–H and O–H groups in total. The van der Waals surface area contributed by atoms with Gasteiger partial charge in [-0.2, -0.15) is 0 Å². The van der Waals surface area contributed by atoms with E-state index >= 15 is 0 Å². The Morgan fingerprint density at radius 3 is 2.88 bits per heavy atom. The molecule has 0 radical (unpaired) electrons. The van der Waals surface area contributed by atoms with E-state index in [1.165, 1.54) is 24.4 Å². The number of halogens is 2. The second-order valence-corrected chi connectivity index (χ2v) is 3.69. The summed E-state index contributed by atoms with van der Waals surface area (Å²) in [6, 6.07) is 5.81. The van der Waals surface area contributed by atoms with Crippen molar-refractivity contribution in [1.82, 2.24) is 9.97 Å². The molecule has 2 aromatic rings. The van der Waals surface area contributed by atoms with Crippen molar-refractivity contribution in [3.63, 3.8) is 0 Å². The Labute approximate surface area is 102 Å². The van der Waals surface area contributed by atoms with Crippen molar-refractivity contribution in [2.45, 2.75) is 6.61 Å². The minimum atomic E-state index is -0.484. The first-order chi connectivity index (χ1) is 8.19. The average Bonchev–Trinajstić information content (AvgIpc) is 2.34. The zero-order valence-electron chi connectivity index (χ0n) is 8.69. The van der Waals surface area contributed by atoms with Gasteiger partial charge in [-0.25, -0.2) is 14.4 Å². The third-order valence-corrected chi connectivity index (χ3v) is 2.34. The molecule has 0 aliphatic rings. The van der Waals surface area contributed by atoms with Crippen LogP contribution < -0.4 is 5.32 Å². The van der Waals surface area contributed by atoms with E-state index in [2.05, 4.69) is 15.3 Å². The first-order valence-electron chi connectivity index (χ1n) is 4.84. The summed E-state index contributed by atoms with van der Waals surface area (Å²) in [4.78, 5) is 7.99. The van der Waals surface area contributed by atoms with Crippen LogP contribution in [0.4, 0.5) is 16.0 Å². The van der Waals surface area contributed by atoms with Crippen LogP contribution in [-0.2, 0) is 6.61 Å². The van der Waals surface area contributed by atoms with Crippen molar-refractivity contribution < 1.29 is 9.50 Å². The zero-order chi connectivity index (χ0) is 12.3. The molecular formula is C11H9ClFN3O. The minimum absolute atomic E-state index is 0.0216. The van der Waals surface area contributed by atoms with E-state index in [0.29, 0.717) is 17.3 Å². The summed E-state index contributed by atoms with van der Waals surface area (Å²) in [5.41, 5.74) is 1.07. The zero-order valence-corrected chi connectivity index (χ0v) is 9.45. The molecular weight excluding hydrogens is 245 g/mol. The Morgan fingerprint density at radius 1 is 1.35 bits per heavy atom. The van der Waals surface area contributed by atoms with Gasteiger partial charge in [-0.05, 0) is 24.3 Å². The van der Waals surface area contributed by atoms with Gasteiger partial charge in [0.1, 0.15) is 5.82 Å². The predicted octanol–water partition coefficient (Wildman–Crippen LogP) is 2.50. The quantitative estimate of drug-likeness (QED) is 0.882. The van der Waals surface area contributed by atoms with Gasteiger partial charge in [-0.3, -0.25) is 0 Å². The van der Waals surface area contributed by atoms with Crippen LogP contribution in [0.1, 0.15) is 5.69 Å². The molecule has 0 fully saturated rings. The molecule has 0 unspecified atom stereocenters. The number of benzene rings is 1. The lowest BCUT2D eigenvalue weighted by Gasteiger charge is -2.06. The van der Waals surface area contributed by atoms with Crippen LogP contribution in [0, 0.1) is 5.82 Å². The van der Waals surface area contributed by atoms with E-state index in [0.717, 1.165) is 0 Å². The van der Waals surface area contributed by atoms with Gasteiger partial charge in [-0.15, -0.1) is 0 Å². The van der Waals surface area contributed by atoms with E-state index in [1.54, 1.807) is 6.07 Å². The molecule has 0 saturated heterocycles. The lowest BCUT2D eigenvalue weighted by atomic mass is 10.3. The van der Waals surface area contributed by atoms with Crippen molar-refractivity contribution in [2.75, 3.05) is 5.32 Å². The molecule has 0 atom stereocenters. The molecule has 0 spiro atoms. The molecule has 1 aromatic heterocycles. The highest BCUT2D eigenvalue weighted by Crippen LogP contribution is 2.21. The molecule has 6 heteroatoms. The summed E-state index contributed by atoms with van der Waals surface area (Å²) in [6.07, 6.45) is 1.52. The van der Waals surface area contributed by atoms with Crippen LogP contribution in [0.2, 0.25) is 5.02 Å². The number of anilines is 2. The van der Waals surface area contributed by atoms with Gasteiger partial charge in [0, 0.05) is 11.9 Å². The van der Waals surface area contributed by atoms with Crippen molar-refractivity contribution in [2.24, 2.45) is 0 Å². The fourth-order valence-electron chi connectivity index (χ4n) is 1.25. The monoisotopic (exact) mass is 253 g/mol. The molecule has 0 aliphatic heterocycles. The van der Waals surface area contributed by atoms with Crippen molar-refractivity contribution in [3.8, 4) is 0 Å². The summed E-state index contributed by atoms with van der Waals surface area (Å²) in [6.45, 7) is -0.165. The average molecular weight is 254 g/mol. The van der Waals surface area contributed by atoms with Gasteiger partial charge in [0.05, 0.1) is 17.3 Å². The van der Waals surface area contributed by atoms with Crippen LogP contribution in [0.15, 0.2) is 30.5 Å². The van der Waals surface area contributed by atoms with Gasteiger partial charge in [0.2, 0.25) is 5.95 Å². The Kier molecular flexibility index (Phi) is 3.51. The Bertz CT molecular complexity index is 536. The highest BCUT2D eigenvalue weighted by Gasteiger charge is 2.03. The molecule has 0 saturated carbocycles. The SMILES string of the molecule is OCc1ccnc(Nc2ccc(F)c(Cl)c2)n1. The Morgan fingerprint density at radius 2 is 2.18 bits per heavy atom. The number of nitrogens with zero attached hydrogens (tertiary/aromatic N) is 2. The summed E-state index contributed by atoms with van der Waals surface area (Å²) in [5, 5.41) is 11.8. The number of nitrogens with one attached hydrogen (secondary N) is 1. The molecule has 2 rings (SSSR count). The third-order valence-electron chi connectivity index (χ3n) is 2.05. The third kappa shape index (κ3) is 2.89.